The van der Waals surface area contributed by atoms with Crippen molar-refractivity contribution in [2.45, 2.75) is 0 Å². The van der Waals surface area contributed by atoms with E-state index in [9.17, 15) is 8.78 Å². The van der Waals surface area contributed by atoms with Gasteiger partial charge in [-0.25, -0.2) is 8.78 Å². The van der Waals surface area contributed by atoms with Crippen LogP contribution in [0.4, 0.5) is 8.78 Å². The summed E-state index contributed by atoms with van der Waals surface area (Å²) in [6.07, 6.45) is 0. The fourth-order valence-electron chi connectivity index (χ4n) is 1.64. The summed E-state index contributed by atoms with van der Waals surface area (Å²) < 4.78 is 32.4. The molecule has 0 heterocycles. The summed E-state index contributed by atoms with van der Waals surface area (Å²) >= 11 is 0. The summed E-state index contributed by atoms with van der Waals surface area (Å²) in [4.78, 5) is 0. The molecule has 2 nitrogen and oxygen atoms in total. The second-order valence-electron chi connectivity index (χ2n) is 3.65. The lowest BCUT2D eigenvalue weighted by atomic mass is 10.0. The number of hydrogen-bond acceptors (Lipinski definition) is 2. The van der Waals surface area contributed by atoms with E-state index in [0.29, 0.717) is 5.75 Å². The van der Waals surface area contributed by atoms with Crippen molar-refractivity contribution in [2.24, 2.45) is 0 Å². The van der Waals surface area contributed by atoms with Gasteiger partial charge in [-0.3, -0.25) is 0 Å². The second kappa shape index (κ2) is 4.84. The lowest BCUT2D eigenvalue weighted by Gasteiger charge is -2.07. The Morgan fingerprint density at radius 1 is 1.00 bits per heavy atom. The number of ether oxygens (including phenoxy) is 1. The van der Waals surface area contributed by atoms with Crippen LogP contribution in [0.1, 0.15) is 5.56 Å². The Balaban J connectivity index is 2.64. The number of nitrogens with zero attached hydrogens (tertiary/aromatic N) is 1. The van der Waals surface area contributed by atoms with Crippen LogP contribution in [0, 0.1) is 23.0 Å². The Morgan fingerprint density at radius 3 is 2.22 bits per heavy atom. The zero-order chi connectivity index (χ0) is 13.1. The molecule has 0 unspecified atom stereocenters. The first kappa shape index (κ1) is 12.1. The van der Waals surface area contributed by atoms with E-state index in [-0.39, 0.29) is 16.7 Å². The Bertz CT molecular complexity index is 632. The maximum Gasteiger partial charge on any atom is 0.131 e. The molecule has 0 saturated heterocycles. The van der Waals surface area contributed by atoms with Gasteiger partial charge in [-0.2, -0.15) is 5.26 Å². The molecule has 0 saturated carbocycles. The van der Waals surface area contributed by atoms with E-state index in [0.717, 1.165) is 6.07 Å². The lowest BCUT2D eigenvalue weighted by molar-refractivity contribution is 0.414. The SMILES string of the molecule is COc1ccc(F)c(-c2cc(C#N)ccc2F)c1. The van der Waals surface area contributed by atoms with Gasteiger partial charge in [0.1, 0.15) is 17.4 Å². The number of benzene rings is 2. The van der Waals surface area contributed by atoms with Crippen LogP contribution < -0.4 is 4.74 Å². The molecule has 18 heavy (non-hydrogen) atoms. The van der Waals surface area contributed by atoms with Crippen molar-refractivity contribution < 1.29 is 13.5 Å². The van der Waals surface area contributed by atoms with Crippen molar-refractivity contribution in [3.8, 4) is 22.9 Å². The molecular formula is C14H9F2NO. The van der Waals surface area contributed by atoms with Crippen molar-refractivity contribution in [3.05, 3.63) is 53.6 Å². The molecule has 0 aliphatic heterocycles. The molecule has 90 valence electrons. The van der Waals surface area contributed by atoms with E-state index in [1.54, 1.807) is 0 Å². The highest BCUT2D eigenvalue weighted by atomic mass is 19.1. The van der Waals surface area contributed by atoms with E-state index in [4.69, 9.17) is 10.00 Å². The fourth-order valence-corrected chi connectivity index (χ4v) is 1.64. The molecule has 2 aromatic rings. The Hall–Kier alpha value is -2.41. The molecule has 0 aliphatic rings. The van der Waals surface area contributed by atoms with E-state index in [1.165, 1.54) is 37.4 Å². The zero-order valence-corrected chi connectivity index (χ0v) is 9.58. The van der Waals surface area contributed by atoms with Gasteiger partial charge < -0.3 is 4.74 Å². The van der Waals surface area contributed by atoms with Crippen LogP contribution in [0.3, 0.4) is 0 Å². The molecule has 0 N–H and O–H groups in total. The van der Waals surface area contributed by atoms with Crippen LogP contribution in [0.2, 0.25) is 0 Å². The Morgan fingerprint density at radius 2 is 1.61 bits per heavy atom. The first-order chi connectivity index (χ1) is 8.65. The zero-order valence-electron chi connectivity index (χ0n) is 9.58. The molecule has 0 bridgehead atoms. The predicted molar refractivity (Wildman–Crippen MR) is 63.1 cm³/mol. The quantitative estimate of drug-likeness (QED) is 0.811. The van der Waals surface area contributed by atoms with Gasteiger partial charge in [-0.15, -0.1) is 0 Å². The average molecular weight is 245 g/mol. The maximum absolute atomic E-state index is 13.7. The molecule has 4 heteroatoms. The summed E-state index contributed by atoms with van der Waals surface area (Å²) in [5.41, 5.74) is 0.392. The minimum atomic E-state index is -0.582. The van der Waals surface area contributed by atoms with Crippen LogP contribution in [0.5, 0.6) is 5.75 Å². The van der Waals surface area contributed by atoms with E-state index in [1.807, 2.05) is 6.07 Å². The molecule has 2 aromatic carbocycles. The second-order valence-corrected chi connectivity index (χ2v) is 3.65. The van der Waals surface area contributed by atoms with Gasteiger partial charge in [0, 0.05) is 11.1 Å². The number of hydrogen-bond donors (Lipinski definition) is 0. The van der Waals surface area contributed by atoms with Crippen LogP contribution in [-0.4, -0.2) is 7.11 Å². The molecule has 0 atom stereocenters. The summed E-state index contributed by atoms with van der Waals surface area (Å²) in [6.45, 7) is 0. The van der Waals surface area contributed by atoms with Crippen LogP contribution in [0.15, 0.2) is 36.4 Å². The smallest absolute Gasteiger partial charge is 0.131 e. The topological polar surface area (TPSA) is 33.0 Å². The average Bonchev–Trinajstić information content (AvgIpc) is 2.40. The number of halogens is 2. The van der Waals surface area contributed by atoms with Gasteiger partial charge in [0.15, 0.2) is 0 Å². The van der Waals surface area contributed by atoms with E-state index >= 15 is 0 Å². The molecule has 0 fully saturated rings. The van der Waals surface area contributed by atoms with E-state index in [2.05, 4.69) is 0 Å². The van der Waals surface area contributed by atoms with Crippen LogP contribution >= 0.6 is 0 Å². The van der Waals surface area contributed by atoms with Gasteiger partial charge in [-0.05, 0) is 36.4 Å². The number of rotatable bonds is 2. The van der Waals surface area contributed by atoms with Crippen molar-refractivity contribution >= 4 is 0 Å². The number of methoxy groups -OCH3 is 1. The Kier molecular flexibility index (Phi) is 3.24. The minimum Gasteiger partial charge on any atom is -0.497 e. The largest absolute Gasteiger partial charge is 0.497 e. The highest BCUT2D eigenvalue weighted by molar-refractivity contribution is 5.68. The van der Waals surface area contributed by atoms with Crippen LogP contribution in [-0.2, 0) is 0 Å². The highest BCUT2D eigenvalue weighted by Gasteiger charge is 2.12. The lowest BCUT2D eigenvalue weighted by Crippen LogP contribution is -1.92. The molecular weight excluding hydrogens is 236 g/mol. The molecule has 2 rings (SSSR count). The van der Waals surface area contributed by atoms with E-state index < -0.39 is 11.6 Å². The molecule has 0 aromatic heterocycles. The van der Waals surface area contributed by atoms with Crippen molar-refractivity contribution in [1.29, 1.82) is 5.26 Å². The van der Waals surface area contributed by atoms with Crippen molar-refractivity contribution in [3.63, 3.8) is 0 Å². The normalized spacial score (nSPS) is 9.89. The molecule has 0 spiro atoms. The van der Waals surface area contributed by atoms with Gasteiger partial charge in [0.2, 0.25) is 0 Å². The molecule has 0 aliphatic carbocycles. The van der Waals surface area contributed by atoms with Crippen molar-refractivity contribution in [1.82, 2.24) is 0 Å². The molecule has 0 radical (unpaired) electrons. The summed E-state index contributed by atoms with van der Waals surface area (Å²) in [6, 6.07) is 9.74. The third kappa shape index (κ3) is 2.16. The Labute approximate surface area is 103 Å². The summed E-state index contributed by atoms with van der Waals surface area (Å²) in [7, 11) is 1.44. The van der Waals surface area contributed by atoms with Crippen molar-refractivity contribution in [2.75, 3.05) is 7.11 Å². The van der Waals surface area contributed by atoms with Crippen LogP contribution in [0.25, 0.3) is 11.1 Å². The minimum absolute atomic E-state index is 0.0467. The first-order valence-corrected chi connectivity index (χ1v) is 5.19. The van der Waals surface area contributed by atoms with Gasteiger partial charge in [-0.1, -0.05) is 0 Å². The van der Waals surface area contributed by atoms with Gasteiger partial charge in [0.05, 0.1) is 18.7 Å². The summed E-state index contributed by atoms with van der Waals surface area (Å²) in [5.74, 6) is -0.723. The highest BCUT2D eigenvalue weighted by Crippen LogP contribution is 2.29. The third-order valence-corrected chi connectivity index (χ3v) is 2.56. The monoisotopic (exact) mass is 245 g/mol. The summed E-state index contributed by atoms with van der Waals surface area (Å²) in [5, 5.41) is 8.78. The third-order valence-electron chi connectivity index (χ3n) is 2.56. The number of nitriles is 1. The fraction of sp³-hybridized carbons (Fsp3) is 0.0714. The van der Waals surface area contributed by atoms with Gasteiger partial charge >= 0.3 is 0 Å². The maximum atomic E-state index is 13.7. The standard InChI is InChI=1S/C14H9F2NO/c1-18-10-3-5-14(16)12(7-10)11-6-9(8-17)2-4-13(11)15/h2-7H,1H3. The van der Waals surface area contributed by atoms with Gasteiger partial charge in [0.25, 0.3) is 0 Å². The molecule has 0 amide bonds. The predicted octanol–water partition coefficient (Wildman–Crippen LogP) is 3.51. The first-order valence-electron chi connectivity index (χ1n) is 5.19.